The fraction of sp³-hybridized carbons (Fsp3) is 0.372. The Bertz CT molecular complexity index is 5180. The monoisotopic (exact) mass is 1180 g/mol. The van der Waals surface area contributed by atoms with E-state index >= 15 is 0 Å². The van der Waals surface area contributed by atoms with Gasteiger partial charge < -0.3 is 17.9 Å². The Balaban J connectivity index is 1.05. The molecule has 2 aliphatic carbocycles. The summed E-state index contributed by atoms with van der Waals surface area (Å²) >= 11 is 0. The van der Waals surface area contributed by atoms with Crippen LogP contribution < -0.4 is 0 Å². The molecule has 0 fully saturated rings. The van der Waals surface area contributed by atoms with Crippen molar-refractivity contribution in [2.45, 2.75) is 207 Å². The molecule has 9 aromatic carbocycles. The molecule has 6 heterocycles. The molecule has 0 saturated carbocycles. The van der Waals surface area contributed by atoms with E-state index in [2.05, 4.69) is 290 Å². The highest BCUT2D eigenvalue weighted by molar-refractivity contribution is 6.45. The molecule has 17 rings (SSSR count). The third-order valence-corrected chi connectivity index (χ3v) is 23.3. The van der Waals surface area contributed by atoms with E-state index in [1.807, 2.05) is 0 Å². The van der Waals surface area contributed by atoms with Gasteiger partial charge in [-0.2, -0.15) is 0 Å². The van der Waals surface area contributed by atoms with Crippen molar-refractivity contribution < 1.29 is 0 Å². The van der Waals surface area contributed by atoms with Crippen molar-refractivity contribution in [1.82, 2.24) is 17.9 Å². The lowest BCUT2D eigenvalue weighted by Crippen LogP contribution is -2.33. The molecule has 0 aliphatic heterocycles. The van der Waals surface area contributed by atoms with E-state index in [4.69, 9.17) is 0 Å². The highest BCUT2D eigenvalue weighted by Crippen LogP contribution is 2.57. The molecule has 90 heavy (non-hydrogen) atoms. The average Bonchev–Trinajstić information content (AvgIpc) is 1.48. The Labute approximate surface area is 531 Å². The Morgan fingerprint density at radius 2 is 0.511 bits per heavy atom. The van der Waals surface area contributed by atoms with Gasteiger partial charge >= 0.3 is 0 Å². The predicted octanol–water partition coefficient (Wildman–Crippen LogP) is 24.1. The Morgan fingerprint density at radius 3 is 0.789 bits per heavy atom. The van der Waals surface area contributed by atoms with Crippen LogP contribution in [-0.2, 0) is 43.3 Å². The van der Waals surface area contributed by atoms with E-state index < -0.39 is 0 Å². The minimum absolute atomic E-state index is 0.0111. The highest BCUT2D eigenvalue weighted by atomic mass is 15.0. The van der Waals surface area contributed by atoms with E-state index in [-0.39, 0.29) is 43.3 Å². The molecule has 0 bridgehead atoms. The van der Waals surface area contributed by atoms with Gasteiger partial charge in [-0.3, -0.25) is 0 Å². The van der Waals surface area contributed by atoms with E-state index in [0.29, 0.717) is 0 Å². The van der Waals surface area contributed by atoms with E-state index in [0.717, 1.165) is 25.7 Å². The SMILES string of the molecule is CC(C)(C)c1ccc2c(c1)c1cc(C(C)(C)C)ccc1n2-c1ccc2c3c4c5cc6c(cc5n5c7cc(-n8c9ccc(C(C)(C)C)cc9c9cc(C(C)(C)C)ccc98)ccc7c(c7c8cc9c(cc8n(c2c1)c37)C(C)(C)CCC9(C)C)c45)C(C)(C)CCC6(C)C. The summed E-state index contributed by atoms with van der Waals surface area (Å²) < 4.78 is 10.7. The molecule has 0 amide bonds. The van der Waals surface area contributed by atoms with Gasteiger partial charge in [0.25, 0.3) is 0 Å². The standard InChI is InChI=1S/C86H90N4/c1-79(2,3)47-21-29-65-55(37-47)56-38-48(80(4,5)6)22-30-66(56)87(65)51-25-27-53-69(41-51)89-71-45-63-61(83(13,14)33-35-85(63,17)18)43-59(71)76-74-54-28-26-52(88-67-31-23-49(81(7,8)9)39-57(67)58-40-50(82(10,11)12)24-32-68(58)88)42-70(54)90-72-46-64-62(84(15,16)34-36-86(64,19)20)44-60(72)75(78(74)90)73(53)77(76)89/h21-32,37-46H,33-36H2,1-20H3. The van der Waals surface area contributed by atoms with Crippen LogP contribution in [0.4, 0.5) is 0 Å². The van der Waals surface area contributed by atoms with Gasteiger partial charge in [-0.1, -0.05) is 175 Å². The van der Waals surface area contributed by atoms with Crippen molar-refractivity contribution in [1.29, 1.82) is 0 Å². The van der Waals surface area contributed by atoms with Gasteiger partial charge in [0.15, 0.2) is 0 Å². The zero-order chi connectivity index (χ0) is 63.2. The average molecular weight is 1180 g/mol. The first-order chi connectivity index (χ1) is 42.1. The molecule has 4 heteroatoms. The van der Waals surface area contributed by atoms with Gasteiger partial charge in [0.05, 0.1) is 55.2 Å². The number of hydrogen-bond donors (Lipinski definition) is 0. The van der Waals surface area contributed by atoms with Crippen LogP contribution in [-0.4, -0.2) is 17.9 Å². The first kappa shape index (κ1) is 56.2. The topological polar surface area (TPSA) is 18.7 Å². The molecule has 0 saturated heterocycles. The maximum Gasteiger partial charge on any atom is 0.0634 e. The van der Waals surface area contributed by atoms with Crippen molar-refractivity contribution >= 4 is 120 Å². The fourth-order valence-electron chi connectivity index (χ4n) is 17.5. The van der Waals surface area contributed by atoms with E-state index in [1.165, 1.54) is 176 Å². The lowest BCUT2D eigenvalue weighted by atomic mass is 9.63. The first-order valence-electron chi connectivity index (χ1n) is 33.8. The lowest BCUT2D eigenvalue weighted by Gasteiger charge is -2.42. The third-order valence-electron chi connectivity index (χ3n) is 23.3. The van der Waals surface area contributed by atoms with Gasteiger partial charge in [-0.05, 0) is 211 Å². The molecule has 0 spiro atoms. The normalized spacial score (nSPS) is 17.3. The number of nitrogens with zero attached hydrogens (tertiary/aromatic N) is 4. The van der Waals surface area contributed by atoms with Crippen molar-refractivity contribution in [3.63, 3.8) is 0 Å². The number of hydrogen-bond acceptors (Lipinski definition) is 0. The van der Waals surface area contributed by atoms with Crippen LogP contribution in [0, 0.1) is 0 Å². The fourth-order valence-corrected chi connectivity index (χ4v) is 17.5. The summed E-state index contributed by atoms with van der Waals surface area (Å²) in [4.78, 5) is 0. The number of rotatable bonds is 2. The largest absolute Gasteiger partial charge is 0.309 e. The number of fused-ring (bicyclic) bond motifs is 22. The summed E-state index contributed by atoms with van der Waals surface area (Å²) in [7, 11) is 0. The zero-order valence-corrected chi connectivity index (χ0v) is 57.3. The molecule has 6 aromatic heterocycles. The van der Waals surface area contributed by atoms with Crippen molar-refractivity contribution in [2.75, 3.05) is 0 Å². The van der Waals surface area contributed by atoms with Gasteiger partial charge in [0, 0.05) is 76.0 Å². The van der Waals surface area contributed by atoms with Crippen LogP contribution in [0.25, 0.3) is 131 Å². The van der Waals surface area contributed by atoms with Gasteiger partial charge in [0.2, 0.25) is 0 Å². The van der Waals surface area contributed by atoms with Gasteiger partial charge in [-0.15, -0.1) is 0 Å². The van der Waals surface area contributed by atoms with Crippen molar-refractivity contribution in [2.24, 2.45) is 0 Å². The summed E-state index contributed by atoms with van der Waals surface area (Å²) in [6.45, 7) is 48.1. The molecule has 0 N–H and O–H groups in total. The molecule has 454 valence electrons. The molecular formula is C86H90N4. The van der Waals surface area contributed by atoms with Crippen LogP contribution in [0.15, 0.2) is 133 Å². The Morgan fingerprint density at radius 1 is 0.256 bits per heavy atom. The van der Waals surface area contributed by atoms with E-state index in [9.17, 15) is 0 Å². The predicted molar refractivity (Wildman–Crippen MR) is 390 cm³/mol. The first-order valence-corrected chi connectivity index (χ1v) is 33.8. The van der Waals surface area contributed by atoms with Crippen LogP contribution in [0.5, 0.6) is 0 Å². The van der Waals surface area contributed by atoms with Crippen molar-refractivity contribution in [3.8, 4) is 11.4 Å². The van der Waals surface area contributed by atoms with Crippen molar-refractivity contribution in [3.05, 3.63) is 178 Å². The number of benzene rings is 9. The second kappa shape index (κ2) is 17.2. The highest BCUT2D eigenvalue weighted by Gasteiger charge is 2.41. The molecule has 2 aliphatic rings. The third kappa shape index (κ3) is 7.43. The maximum atomic E-state index is 2.76. The molecule has 0 radical (unpaired) electrons. The Kier molecular flexibility index (Phi) is 10.7. The molecule has 0 atom stereocenters. The van der Waals surface area contributed by atoms with Gasteiger partial charge in [-0.25, -0.2) is 0 Å². The van der Waals surface area contributed by atoms with Gasteiger partial charge in [0.1, 0.15) is 0 Å². The minimum Gasteiger partial charge on any atom is -0.309 e. The maximum absolute atomic E-state index is 2.76. The zero-order valence-electron chi connectivity index (χ0n) is 57.3. The summed E-state index contributed by atoms with van der Waals surface area (Å²) in [6.07, 6.45) is 4.64. The van der Waals surface area contributed by atoms with Crippen LogP contribution >= 0.6 is 0 Å². The summed E-state index contributed by atoms with van der Waals surface area (Å²) in [6, 6.07) is 54.9. The summed E-state index contributed by atoms with van der Waals surface area (Å²) in [5.41, 5.74) is 26.8. The lowest BCUT2D eigenvalue weighted by molar-refractivity contribution is 0.332. The smallest absolute Gasteiger partial charge is 0.0634 e. The second-order valence-corrected chi connectivity index (χ2v) is 35.2. The molecule has 0 unspecified atom stereocenters. The van der Waals surface area contributed by atoms with Crippen LogP contribution in [0.1, 0.15) is 209 Å². The van der Waals surface area contributed by atoms with E-state index in [1.54, 1.807) is 0 Å². The second-order valence-electron chi connectivity index (χ2n) is 35.2. The molecular weight excluding hydrogens is 1090 g/mol. The molecule has 4 nitrogen and oxygen atoms in total. The van der Waals surface area contributed by atoms with Crippen LogP contribution in [0.2, 0.25) is 0 Å². The number of aromatic nitrogens is 4. The minimum atomic E-state index is 0.0111. The van der Waals surface area contributed by atoms with Crippen LogP contribution in [0.3, 0.4) is 0 Å². The summed E-state index contributed by atoms with van der Waals surface area (Å²) in [5.74, 6) is 0. The Hall–Kier alpha value is -7.82. The quantitative estimate of drug-likeness (QED) is 0.164. The summed E-state index contributed by atoms with van der Waals surface area (Å²) in [5, 5.41) is 16.2. The molecule has 15 aromatic rings.